The lowest BCUT2D eigenvalue weighted by atomic mass is 9.80. The molecule has 3 fully saturated rings. The van der Waals surface area contributed by atoms with Gasteiger partial charge in [-0.3, -0.25) is 4.90 Å². The van der Waals surface area contributed by atoms with Crippen molar-refractivity contribution in [2.24, 2.45) is 5.92 Å². The lowest BCUT2D eigenvalue weighted by Gasteiger charge is -2.24. The molecule has 1 aromatic heterocycles. The third kappa shape index (κ3) is 2.70. The molecule has 1 aliphatic heterocycles. The average molecular weight is 339 g/mol. The Morgan fingerprint density at radius 1 is 1.12 bits per heavy atom. The molecule has 5 rings (SSSR count). The number of aromatic nitrogens is 2. The first-order valence-corrected chi connectivity index (χ1v) is 9.52. The molecule has 1 saturated heterocycles. The Morgan fingerprint density at radius 2 is 1.92 bits per heavy atom. The predicted molar refractivity (Wildman–Crippen MR) is 92.9 cm³/mol. The highest BCUT2D eigenvalue weighted by Gasteiger charge is 2.54. The van der Waals surface area contributed by atoms with Crippen LogP contribution in [0.15, 0.2) is 28.7 Å². The number of nitrogens with zero attached hydrogens (tertiary/aromatic N) is 3. The highest BCUT2D eigenvalue weighted by atomic mass is 16.4. The summed E-state index contributed by atoms with van der Waals surface area (Å²) in [6, 6.07) is 8.29. The van der Waals surface area contributed by atoms with Gasteiger partial charge in [0.15, 0.2) is 0 Å². The second kappa shape index (κ2) is 5.92. The van der Waals surface area contributed by atoms with E-state index in [1.165, 1.54) is 37.7 Å². The van der Waals surface area contributed by atoms with Crippen molar-refractivity contribution in [3.8, 4) is 0 Å². The minimum Gasteiger partial charge on any atom is -0.424 e. The molecule has 0 radical (unpaired) electrons. The molecule has 2 aromatic rings. The van der Waals surface area contributed by atoms with Crippen LogP contribution in [0.2, 0.25) is 0 Å². The van der Waals surface area contributed by atoms with E-state index in [1.54, 1.807) is 0 Å². The Kier molecular flexibility index (Phi) is 3.68. The number of rotatable bonds is 5. The molecule has 5 nitrogen and oxygen atoms in total. The van der Waals surface area contributed by atoms with Gasteiger partial charge in [0.1, 0.15) is 0 Å². The summed E-state index contributed by atoms with van der Waals surface area (Å²) in [7, 11) is 0. The van der Waals surface area contributed by atoms with Crippen molar-refractivity contribution < 1.29 is 9.52 Å². The van der Waals surface area contributed by atoms with Crippen LogP contribution in [0.3, 0.4) is 0 Å². The fraction of sp³-hybridized carbons (Fsp3) is 0.600. The number of fused-ring (bicyclic) bond motifs is 1. The maximum atomic E-state index is 9.19. The largest absolute Gasteiger partial charge is 0.424 e. The molecule has 2 saturated carbocycles. The highest BCUT2D eigenvalue weighted by Crippen LogP contribution is 2.51. The predicted octanol–water partition coefficient (Wildman–Crippen LogP) is 2.99. The fourth-order valence-corrected chi connectivity index (χ4v) is 4.80. The molecule has 5 heteroatoms. The lowest BCUT2D eigenvalue weighted by Crippen LogP contribution is -2.32. The van der Waals surface area contributed by atoms with E-state index in [2.05, 4.69) is 27.2 Å². The maximum Gasteiger partial charge on any atom is 0.224 e. The summed E-state index contributed by atoms with van der Waals surface area (Å²) >= 11 is 0. The third-order valence-corrected chi connectivity index (χ3v) is 6.35. The zero-order valence-electron chi connectivity index (χ0n) is 14.5. The fourth-order valence-electron chi connectivity index (χ4n) is 4.80. The second-order valence-corrected chi connectivity index (χ2v) is 8.11. The standard InChI is InChI=1S/C20H25N3O2/c24-12-15-5-3-14(4-6-15)10-23-11-17-2-1-9-20(17,13-23)19-22-21-18(25-19)16-7-8-16/h3-6,16-17,24H,1-2,7-13H2/t17-,20-/m0/s1. The van der Waals surface area contributed by atoms with Crippen molar-refractivity contribution in [1.82, 2.24) is 15.1 Å². The second-order valence-electron chi connectivity index (χ2n) is 8.11. The smallest absolute Gasteiger partial charge is 0.224 e. The van der Waals surface area contributed by atoms with Crippen LogP contribution in [0, 0.1) is 5.92 Å². The summed E-state index contributed by atoms with van der Waals surface area (Å²) in [5, 5.41) is 18.0. The average Bonchev–Trinajstić information content (AvgIpc) is 3.06. The summed E-state index contributed by atoms with van der Waals surface area (Å²) in [6.45, 7) is 3.19. The van der Waals surface area contributed by atoms with Gasteiger partial charge in [0.25, 0.3) is 0 Å². The Bertz CT molecular complexity index is 753. The van der Waals surface area contributed by atoms with Crippen LogP contribution in [0.25, 0.3) is 0 Å². The Hall–Kier alpha value is -1.72. The molecule has 0 bridgehead atoms. The molecule has 0 spiro atoms. The van der Waals surface area contributed by atoms with Crippen LogP contribution in [0.1, 0.15) is 60.9 Å². The van der Waals surface area contributed by atoms with Gasteiger partial charge >= 0.3 is 0 Å². The zero-order valence-corrected chi connectivity index (χ0v) is 14.5. The van der Waals surface area contributed by atoms with Crippen molar-refractivity contribution in [2.45, 2.75) is 56.6 Å². The van der Waals surface area contributed by atoms with Gasteiger partial charge < -0.3 is 9.52 Å². The number of benzene rings is 1. The summed E-state index contributed by atoms with van der Waals surface area (Å²) in [6.07, 6.45) is 6.11. The van der Waals surface area contributed by atoms with E-state index in [0.29, 0.717) is 11.8 Å². The van der Waals surface area contributed by atoms with E-state index < -0.39 is 0 Å². The van der Waals surface area contributed by atoms with E-state index in [-0.39, 0.29) is 12.0 Å². The molecular formula is C20H25N3O2. The van der Waals surface area contributed by atoms with Crippen LogP contribution >= 0.6 is 0 Å². The molecule has 2 aliphatic carbocycles. The minimum atomic E-state index is 0.0746. The Morgan fingerprint density at radius 3 is 2.68 bits per heavy atom. The first kappa shape index (κ1) is 15.5. The van der Waals surface area contributed by atoms with Crippen LogP contribution in [0.4, 0.5) is 0 Å². The lowest BCUT2D eigenvalue weighted by molar-refractivity contribution is 0.263. The summed E-state index contributed by atoms with van der Waals surface area (Å²) in [5.41, 5.74) is 2.35. The molecule has 1 N–H and O–H groups in total. The summed E-state index contributed by atoms with van der Waals surface area (Å²) in [5.74, 6) is 2.93. The van der Waals surface area contributed by atoms with Gasteiger partial charge in [-0.15, -0.1) is 10.2 Å². The SMILES string of the molecule is OCc1ccc(CN2C[C@@H]3CCC[C@]3(c3nnc(C4CC4)o3)C2)cc1. The minimum absolute atomic E-state index is 0.0746. The van der Waals surface area contributed by atoms with Crippen LogP contribution in [0.5, 0.6) is 0 Å². The monoisotopic (exact) mass is 339 g/mol. The molecule has 25 heavy (non-hydrogen) atoms. The van der Waals surface area contributed by atoms with Gasteiger partial charge in [-0.2, -0.15) is 0 Å². The van der Waals surface area contributed by atoms with Crippen molar-refractivity contribution in [1.29, 1.82) is 0 Å². The molecule has 2 atom stereocenters. The van der Waals surface area contributed by atoms with Crippen molar-refractivity contribution in [3.63, 3.8) is 0 Å². The van der Waals surface area contributed by atoms with Crippen LogP contribution in [-0.2, 0) is 18.6 Å². The molecule has 0 amide bonds. The van der Waals surface area contributed by atoms with Gasteiger partial charge in [0.05, 0.1) is 12.0 Å². The van der Waals surface area contributed by atoms with Gasteiger partial charge in [-0.1, -0.05) is 30.7 Å². The summed E-state index contributed by atoms with van der Waals surface area (Å²) < 4.78 is 6.15. The molecular weight excluding hydrogens is 314 g/mol. The number of hydrogen-bond donors (Lipinski definition) is 1. The number of aliphatic hydroxyl groups is 1. The molecule has 1 aromatic carbocycles. The molecule has 0 unspecified atom stereocenters. The molecule has 132 valence electrons. The van der Waals surface area contributed by atoms with Gasteiger partial charge in [-0.25, -0.2) is 0 Å². The first-order valence-electron chi connectivity index (χ1n) is 9.52. The molecule has 3 aliphatic rings. The van der Waals surface area contributed by atoms with Crippen molar-refractivity contribution >= 4 is 0 Å². The van der Waals surface area contributed by atoms with Gasteiger partial charge in [0.2, 0.25) is 11.8 Å². The van der Waals surface area contributed by atoms with E-state index >= 15 is 0 Å². The van der Waals surface area contributed by atoms with E-state index in [1.807, 2.05) is 12.1 Å². The maximum absolute atomic E-state index is 9.19. The van der Waals surface area contributed by atoms with Crippen molar-refractivity contribution in [2.75, 3.05) is 13.1 Å². The number of aliphatic hydroxyl groups excluding tert-OH is 1. The molecule has 2 heterocycles. The van der Waals surface area contributed by atoms with E-state index in [0.717, 1.165) is 37.0 Å². The van der Waals surface area contributed by atoms with Crippen LogP contribution < -0.4 is 0 Å². The topological polar surface area (TPSA) is 62.4 Å². The van der Waals surface area contributed by atoms with Crippen molar-refractivity contribution in [3.05, 3.63) is 47.2 Å². The quantitative estimate of drug-likeness (QED) is 0.907. The van der Waals surface area contributed by atoms with E-state index in [4.69, 9.17) is 4.42 Å². The number of likely N-dealkylation sites (tertiary alicyclic amines) is 1. The third-order valence-electron chi connectivity index (χ3n) is 6.35. The van der Waals surface area contributed by atoms with Crippen LogP contribution in [-0.4, -0.2) is 33.3 Å². The number of hydrogen-bond acceptors (Lipinski definition) is 5. The Balaban J connectivity index is 1.35. The van der Waals surface area contributed by atoms with Gasteiger partial charge in [-0.05, 0) is 42.7 Å². The Labute approximate surface area is 148 Å². The zero-order chi connectivity index (χ0) is 16.9. The van der Waals surface area contributed by atoms with E-state index in [9.17, 15) is 5.11 Å². The normalized spacial score (nSPS) is 29.2. The van der Waals surface area contributed by atoms with Gasteiger partial charge in [0, 0.05) is 25.6 Å². The first-order chi connectivity index (χ1) is 12.3. The summed E-state index contributed by atoms with van der Waals surface area (Å²) in [4.78, 5) is 2.54. The highest BCUT2D eigenvalue weighted by molar-refractivity contribution is 5.23.